The number of hydrogen-bond acceptors (Lipinski definition) is 5. The molecule has 1 aromatic rings. The highest BCUT2D eigenvalue weighted by molar-refractivity contribution is 6.29. The molecule has 0 aliphatic carbocycles. The molecule has 1 aromatic heterocycles. The lowest BCUT2D eigenvalue weighted by Crippen LogP contribution is -2.34. The molecule has 1 amide bonds. The molecule has 0 aromatic carbocycles. The minimum absolute atomic E-state index is 0.115. The summed E-state index contributed by atoms with van der Waals surface area (Å²) in [6, 6.07) is 3.20. The van der Waals surface area contributed by atoms with Gasteiger partial charge in [-0.05, 0) is 12.1 Å². The molecule has 2 aliphatic heterocycles. The highest BCUT2D eigenvalue weighted by atomic mass is 35.5. The quantitative estimate of drug-likeness (QED) is 0.744. The molecule has 88 valence electrons. The first kappa shape index (κ1) is 10.6. The van der Waals surface area contributed by atoms with E-state index in [2.05, 4.69) is 15.3 Å². The van der Waals surface area contributed by atoms with Crippen molar-refractivity contribution in [3.05, 3.63) is 17.3 Å². The monoisotopic (exact) mass is 252 g/mol. The van der Waals surface area contributed by atoms with Crippen molar-refractivity contribution in [2.24, 2.45) is 11.0 Å². The molecule has 6 nitrogen and oxygen atoms in total. The fourth-order valence-electron chi connectivity index (χ4n) is 1.89. The Morgan fingerprint density at radius 1 is 1.41 bits per heavy atom. The van der Waals surface area contributed by atoms with Crippen LogP contribution in [0.25, 0.3) is 0 Å². The van der Waals surface area contributed by atoms with E-state index in [9.17, 15) is 4.79 Å². The van der Waals surface area contributed by atoms with Gasteiger partial charge in [-0.3, -0.25) is 4.79 Å². The van der Waals surface area contributed by atoms with Gasteiger partial charge in [0.2, 0.25) is 0 Å². The van der Waals surface area contributed by atoms with Crippen LogP contribution in [0, 0.1) is 5.92 Å². The number of hydrazone groups is 1. The molecule has 17 heavy (non-hydrogen) atoms. The van der Waals surface area contributed by atoms with Crippen LogP contribution in [0.4, 0.5) is 5.82 Å². The van der Waals surface area contributed by atoms with E-state index in [4.69, 9.17) is 16.3 Å². The Morgan fingerprint density at radius 3 is 3.00 bits per heavy atom. The average Bonchev–Trinajstić information content (AvgIpc) is 2.69. The largest absolute Gasteiger partial charge is 0.380 e. The molecule has 1 fully saturated rings. The molecule has 3 rings (SSSR count). The molecular formula is C10H9ClN4O2. The van der Waals surface area contributed by atoms with Gasteiger partial charge in [-0.1, -0.05) is 11.6 Å². The maximum absolute atomic E-state index is 12.1. The van der Waals surface area contributed by atoms with Gasteiger partial charge in [0.25, 0.3) is 5.91 Å². The normalized spacial score (nSPS) is 23.6. The van der Waals surface area contributed by atoms with Crippen LogP contribution in [0.5, 0.6) is 0 Å². The standard InChI is InChI=1S/C10H9ClN4O2/c11-8-1-2-9(13-12-8)15-10(16)6-5-17-4-3-7(6)14-15/h1-2,6H,3-5H2. The van der Waals surface area contributed by atoms with Crippen LogP contribution in [0.3, 0.4) is 0 Å². The Labute approximate surface area is 102 Å². The van der Waals surface area contributed by atoms with E-state index < -0.39 is 0 Å². The van der Waals surface area contributed by atoms with Gasteiger partial charge in [-0.2, -0.15) is 10.1 Å². The Balaban J connectivity index is 1.92. The van der Waals surface area contributed by atoms with Crippen LogP contribution in [0.2, 0.25) is 5.15 Å². The van der Waals surface area contributed by atoms with E-state index >= 15 is 0 Å². The maximum atomic E-state index is 12.1. The number of fused-ring (bicyclic) bond motifs is 1. The number of halogens is 1. The Bertz CT molecular complexity index is 488. The molecule has 1 atom stereocenters. The van der Waals surface area contributed by atoms with Crippen LogP contribution >= 0.6 is 11.6 Å². The van der Waals surface area contributed by atoms with Gasteiger partial charge in [-0.15, -0.1) is 10.2 Å². The summed E-state index contributed by atoms with van der Waals surface area (Å²) in [4.78, 5) is 12.1. The van der Waals surface area contributed by atoms with Crippen molar-refractivity contribution in [2.75, 3.05) is 18.2 Å². The second-order valence-corrected chi connectivity index (χ2v) is 4.22. The molecule has 0 spiro atoms. The summed E-state index contributed by atoms with van der Waals surface area (Å²) in [5.41, 5.74) is 0.859. The topological polar surface area (TPSA) is 67.7 Å². The first-order chi connectivity index (χ1) is 8.25. The fourth-order valence-corrected chi connectivity index (χ4v) is 1.99. The summed E-state index contributed by atoms with van der Waals surface area (Å²) in [5.74, 6) is 0.0128. The van der Waals surface area contributed by atoms with Crippen molar-refractivity contribution in [1.29, 1.82) is 0 Å². The number of amides is 1. The molecule has 1 unspecified atom stereocenters. The summed E-state index contributed by atoms with van der Waals surface area (Å²) >= 11 is 5.64. The van der Waals surface area contributed by atoms with Crippen LogP contribution in [0.1, 0.15) is 6.42 Å². The number of hydrogen-bond donors (Lipinski definition) is 0. The van der Waals surface area contributed by atoms with Crippen molar-refractivity contribution in [2.45, 2.75) is 6.42 Å². The first-order valence-corrected chi connectivity index (χ1v) is 5.62. The van der Waals surface area contributed by atoms with E-state index in [1.807, 2.05) is 0 Å². The lowest BCUT2D eigenvalue weighted by Gasteiger charge is -2.17. The van der Waals surface area contributed by atoms with Crippen molar-refractivity contribution in [3.8, 4) is 0 Å². The van der Waals surface area contributed by atoms with Gasteiger partial charge in [0.05, 0.1) is 18.9 Å². The van der Waals surface area contributed by atoms with Gasteiger partial charge in [0.15, 0.2) is 11.0 Å². The number of carbonyl (C=O) groups excluding carboxylic acids is 1. The summed E-state index contributed by atoms with van der Waals surface area (Å²) in [5, 5.41) is 13.4. The molecule has 2 aliphatic rings. The van der Waals surface area contributed by atoms with Crippen LogP contribution in [-0.2, 0) is 9.53 Å². The molecule has 0 N–H and O–H groups in total. The zero-order valence-electron chi connectivity index (χ0n) is 8.84. The molecule has 0 bridgehead atoms. The summed E-state index contributed by atoms with van der Waals surface area (Å²) in [7, 11) is 0. The molecule has 0 saturated carbocycles. The maximum Gasteiger partial charge on any atom is 0.260 e. The van der Waals surface area contributed by atoms with Crippen molar-refractivity contribution < 1.29 is 9.53 Å². The number of rotatable bonds is 1. The van der Waals surface area contributed by atoms with E-state index in [0.717, 1.165) is 5.71 Å². The lowest BCUT2D eigenvalue weighted by molar-refractivity contribution is -0.121. The predicted molar refractivity (Wildman–Crippen MR) is 60.9 cm³/mol. The van der Waals surface area contributed by atoms with Crippen molar-refractivity contribution in [3.63, 3.8) is 0 Å². The molecule has 1 saturated heterocycles. The molecular weight excluding hydrogens is 244 g/mol. The van der Waals surface area contributed by atoms with Gasteiger partial charge in [0, 0.05) is 6.42 Å². The smallest absolute Gasteiger partial charge is 0.260 e. The highest BCUT2D eigenvalue weighted by Gasteiger charge is 2.39. The SMILES string of the molecule is O=C1C2COCCC2=NN1c1ccc(Cl)nn1. The summed E-state index contributed by atoms with van der Waals surface area (Å²) in [6.45, 7) is 1.01. The first-order valence-electron chi connectivity index (χ1n) is 5.24. The lowest BCUT2D eigenvalue weighted by atomic mass is 10.0. The van der Waals surface area contributed by atoms with Gasteiger partial charge >= 0.3 is 0 Å². The summed E-state index contributed by atoms with van der Waals surface area (Å²) in [6.07, 6.45) is 0.688. The van der Waals surface area contributed by atoms with E-state index in [-0.39, 0.29) is 17.0 Å². The second kappa shape index (κ2) is 4.05. The minimum atomic E-state index is -0.263. The third kappa shape index (κ3) is 1.79. The molecule has 0 radical (unpaired) electrons. The predicted octanol–water partition coefficient (Wildman–Crippen LogP) is 0.869. The zero-order valence-corrected chi connectivity index (χ0v) is 9.59. The second-order valence-electron chi connectivity index (χ2n) is 3.83. The van der Waals surface area contributed by atoms with Crippen LogP contribution < -0.4 is 5.01 Å². The van der Waals surface area contributed by atoms with Gasteiger partial charge in [-0.25, -0.2) is 0 Å². The number of aromatic nitrogens is 2. The zero-order chi connectivity index (χ0) is 11.8. The third-order valence-electron chi connectivity index (χ3n) is 2.76. The van der Waals surface area contributed by atoms with E-state index in [1.54, 1.807) is 12.1 Å². The van der Waals surface area contributed by atoms with Crippen LogP contribution in [0.15, 0.2) is 17.2 Å². The third-order valence-corrected chi connectivity index (χ3v) is 2.96. The van der Waals surface area contributed by atoms with Crippen molar-refractivity contribution >= 4 is 29.0 Å². The fraction of sp³-hybridized carbons (Fsp3) is 0.400. The highest BCUT2D eigenvalue weighted by Crippen LogP contribution is 2.25. The van der Waals surface area contributed by atoms with Crippen LogP contribution in [-0.4, -0.2) is 35.0 Å². The number of ether oxygens (including phenoxy) is 1. The van der Waals surface area contributed by atoms with Gasteiger partial charge < -0.3 is 4.74 Å². The summed E-state index contributed by atoms with van der Waals surface area (Å²) < 4.78 is 5.27. The Kier molecular flexibility index (Phi) is 2.53. The molecule has 3 heterocycles. The number of nitrogens with zero attached hydrogens (tertiary/aromatic N) is 4. The Hall–Kier alpha value is -1.53. The van der Waals surface area contributed by atoms with E-state index in [1.165, 1.54) is 5.01 Å². The number of anilines is 1. The van der Waals surface area contributed by atoms with Crippen molar-refractivity contribution in [1.82, 2.24) is 10.2 Å². The number of carbonyl (C=O) groups is 1. The minimum Gasteiger partial charge on any atom is -0.380 e. The van der Waals surface area contributed by atoms with E-state index in [0.29, 0.717) is 25.5 Å². The molecule has 7 heteroatoms. The average molecular weight is 253 g/mol. The Morgan fingerprint density at radius 2 is 2.29 bits per heavy atom. The van der Waals surface area contributed by atoms with Gasteiger partial charge in [0.1, 0.15) is 5.92 Å².